The monoisotopic (exact) mass is 389 g/mol. The Morgan fingerprint density at radius 1 is 1.07 bits per heavy atom. The summed E-state index contributed by atoms with van der Waals surface area (Å²) in [5.41, 5.74) is 0.689. The molecule has 1 fully saturated rings. The first kappa shape index (κ1) is 19.0. The third-order valence-corrected chi connectivity index (χ3v) is 4.70. The normalized spacial score (nSPS) is 14.1. The van der Waals surface area contributed by atoms with Gasteiger partial charge in [-0.1, -0.05) is 23.7 Å². The van der Waals surface area contributed by atoms with Crippen LogP contribution in [-0.2, 0) is 4.79 Å². The maximum Gasteiger partial charge on any atom is 0.292 e. The van der Waals surface area contributed by atoms with E-state index < -0.39 is 0 Å². The van der Waals surface area contributed by atoms with Gasteiger partial charge in [-0.3, -0.25) is 14.9 Å². The number of nitro groups is 1. The van der Waals surface area contributed by atoms with Crippen LogP contribution in [-0.4, -0.2) is 48.5 Å². The van der Waals surface area contributed by atoms with Crippen LogP contribution < -0.4 is 9.64 Å². The van der Waals surface area contributed by atoms with Gasteiger partial charge in [0.2, 0.25) is 5.91 Å². The predicted octanol–water partition coefficient (Wildman–Crippen LogP) is 3.37. The van der Waals surface area contributed by atoms with E-state index in [0.29, 0.717) is 49.2 Å². The Balaban J connectivity index is 1.48. The van der Waals surface area contributed by atoms with Gasteiger partial charge >= 0.3 is 0 Å². The van der Waals surface area contributed by atoms with Crippen LogP contribution in [0.2, 0.25) is 5.02 Å². The summed E-state index contributed by atoms with van der Waals surface area (Å²) in [5, 5.41) is 11.8. The summed E-state index contributed by atoms with van der Waals surface area (Å²) in [6.07, 6.45) is 0.286. The molecule has 0 saturated carbocycles. The summed E-state index contributed by atoms with van der Waals surface area (Å²) in [7, 11) is 0. The van der Waals surface area contributed by atoms with E-state index in [-0.39, 0.29) is 22.9 Å². The number of para-hydroxylation sites is 2. The molecule has 0 atom stereocenters. The van der Waals surface area contributed by atoms with E-state index in [4.69, 9.17) is 16.3 Å². The number of piperazine rings is 1. The first-order valence-corrected chi connectivity index (χ1v) is 9.07. The lowest BCUT2D eigenvalue weighted by Gasteiger charge is -2.35. The smallest absolute Gasteiger partial charge is 0.292 e. The minimum Gasteiger partial charge on any atom is -0.493 e. The number of benzene rings is 2. The fourth-order valence-corrected chi connectivity index (χ4v) is 3.15. The largest absolute Gasteiger partial charge is 0.493 e. The van der Waals surface area contributed by atoms with Gasteiger partial charge in [-0.05, 0) is 30.3 Å². The molecule has 0 unspecified atom stereocenters. The van der Waals surface area contributed by atoms with Crippen LogP contribution in [0.25, 0.3) is 0 Å². The summed E-state index contributed by atoms with van der Waals surface area (Å²) in [5.74, 6) is 0.694. The first-order chi connectivity index (χ1) is 13.0. The van der Waals surface area contributed by atoms with Crippen molar-refractivity contribution in [3.8, 4) is 5.75 Å². The van der Waals surface area contributed by atoms with Crippen molar-refractivity contribution in [2.45, 2.75) is 6.42 Å². The fourth-order valence-electron chi connectivity index (χ4n) is 3.03. The number of halogens is 1. The van der Waals surface area contributed by atoms with E-state index in [1.54, 1.807) is 47.4 Å². The number of anilines is 1. The Labute approximate surface area is 162 Å². The van der Waals surface area contributed by atoms with Gasteiger partial charge in [-0.2, -0.15) is 0 Å². The summed E-state index contributed by atoms with van der Waals surface area (Å²) in [4.78, 5) is 26.9. The van der Waals surface area contributed by atoms with Crippen molar-refractivity contribution >= 4 is 28.9 Å². The van der Waals surface area contributed by atoms with Gasteiger partial charge in [-0.15, -0.1) is 0 Å². The minimum atomic E-state index is -0.374. The van der Waals surface area contributed by atoms with Crippen LogP contribution in [0.5, 0.6) is 5.75 Å². The molecule has 1 heterocycles. The lowest BCUT2D eigenvalue weighted by Crippen LogP contribution is -2.49. The Bertz CT molecular complexity index is 805. The SMILES string of the molecule is O=C(CCOc1ccc(Cl)cc1)N1CCN(c2ccccc2[N+](=O)[O-])CC1. The predicted molar refractivity (Wildman–Crippen MR) is 103 cm³/mol. The molecule has 0 aliphatic carbocycles. The number of nitro benzene ring substituents is 1. The van der Waals surface area contributed by atoms with E-state index >= 15 is 0 Å². The zero-order chi connectivity index (χ0) is 19.2. The lowest BCUT2D eigenvalue weighted by atomic mass is 10.2. The van der Waals surface area contributed by atoms with Crippen molar-refractivity contribution in [2.24, 2.45) is 0 Å². The van der Waals surface area contributed by atoms with Crippen LogP contribution in [0.1, 0.15) is 6.42 Å². The van der Waals surface area contributed by atoms with Gasteiger partial charge in [-0.25, -0.2) is 0 Å². The van der Waals surface area contributed by atoms with Crippen LogP contribution in [0.3, 0.4) is 0 Å². The van der Waals surface area contributed by atoms with E-state index in [1.807, 2.05) is 4.90 Å². The molecule has 7 nitrogen and oxygen atoms in total. The zero-order valence-corrected chi connectivity index (χ0v) is 15.5. The molecule has 27 heavy (non-hydrogen) atoms. The molecule has 142 valence electrons. The number of ether oxygens (including phenoxy) is 1. The topological polar surface area (TPSA) is 75.9 Å². The van der Waals surface area contributed by atoms with Gasteiger partial charge in [0.25, 0.3) is 5.69 Å². The Morgan fingerprint density at radius 3 is 2.41 bits per heavy atom. The molecule has 2 aromatic carbocycles. The highest BCUT2D eigenvalue weighted by Gasteiger charge is 2.25. The van der Waals surface area contributed by atoms with Crippen LogP contribution in [0.15, 0.2) is 48.5 Å². The van der Waals surface area contributed by atoms with Gasteiger partial charge in [0, 0.05) is 37.3 Å². The van der Waals surface area contributed by atoms with Crippen LogP contribution in [0, 0.1) is 10.1 Å². The first-order valence-electron chi connectivity index (χ1n) is 8.69. The summed E-state index contributed by atoms with van der Waals surface area (Å²) < 4.78 is 5.56. The second-order valence-corrected chi connectivity index (χ2v) is 6.60. The molecule has 1 amide bonds. The second-order valence-electron chi connectivity index (χ2n) is 6.17. The van der Waals surface area contributed by atoms with Crippen molar-refractivity contribution in [2.75, 3.05) is 37.7 Å². The molecular weight excluding hydrogens is 370 g/mol. The van der Waals surface area contributed by atoms with Crippen LogP contribution >= 0.6 is 11.6 Å². The molecule has 2 aromatic rings. The number of rotatable bonds is 6. The molecule has 1 aliphatic rings. The average Bonchev–Trinajstić information content (AvgIpc) is 2.69. The average molecular weight is 390 g/mol. The highest BCUT2D eigenvalue weighted by atomic mass is 35.5. The molecule has 1 aliphatic heterocycles. The number of hydrogen-bond acceptors (Lipinski definition) is 5. The molecule has 0 bridgehead atoms. The minimum absolute atomic E-state index is 0.0196. The molecule has 8 heteroatoms. The molecular formula is C19H20ClN3O4. The van der Waals surface area contributed by atoms with Gasteiger partial charge < -0.3 is 14.5 Å². The zero-order valence-electron chi connectivity index (χ0n) is 14.7. The van der Waals surface area contributed by atoms with Gasteiger partial charge in [0.15, 0.2) is 0 Å². The van der Waals surface area contributed by atoms with E-state index in [9.17, 15) is 14.9 Å². The Morgan fingerprint density at radius 2 is 1.74 bits per heavy atom. The molecule has 1 saturated heterocycles. The number of amides is 1. The quantitative estimate of drug-likeness (QED) is 0.559. The highest BCUT2D eigenvalue weighted by Crippen LogP contribution is 2.28. The number of nitrogens with zero attached hydrogens (tertiary/aromatic N) is 3. The van der Waals surface area contributed by atoms with Crippen molar-refractivity contribution in [3.63, 3.8) is 0 Å². The molecule has 0 spiro atoms. The number of carbonyl (C=O) groups is 1. The Hall–Kier alpha value is -2.80. The summed E-state index contributed by atoms with van der Waals surface area (Å²) in [6.45, 7) is 2.49. The maximum atomic E-state index is 12.4. The summed E-state index contributed by atoms with van der Waals surface area (Å²) in [6, 6.07) is 13.7. The molecule has 0 radical (unpaired) electrons. The number of hydrogen-bond donors (Lipinski definition) is 0. The van der Waals surface area contributed by atoms with E-state index in [0.717, 1.165) is 0 Å². The lowest BCUT2D eigenvalue weighted by molar-refractivity contribution is -0.384. The van der Waals surface area contributed by atoms with Crippen LogP contribution in [0.4, 0.5) is 11.4 Å². The van der Waals surface area contributed by atoms with E-state index in [1.165, 1.54) is 6.07 Å². The molecule has 0 aromatic heterocycles. The van der Waals surface area contributed by atoms with Gasteiger partial charge in [0.05, 0.1) is 18.0 Å². The molecule has 3 rings (SSSR count). The number of carbonyl (C=O) groups excluding carboxylic acids is 1. The van der Waals surface area contributed by atoms with Crippen molar-refractivity contribution in [1.82, 2.24) is 4.90 Å². The van der Waals surface area contributed by atoms with Crippen molar-refractivity contribution < 1.29 is 14.5 Å². The fraction of sp³-hybridized carbons (Fsp3) is 0.316. The summed E-state index contributed by atoms with van der Waals surface area (Å²) >= 11 is 5.82. The van der Waals surface area contributed by atoms with Gasteiger partial charge in [0.1, 0.15) is 11.4 Å². The second kappa shape index (κ2) is 8.73. The standard InChI is InChI=1S/C19H20ClN3O4/c20-15-5-7-16(8-6-15)27-14-9-19(24)22-12-10-21(11-13-22)17-3-1-2-4-18(17)23(25)26/h1-8H,9-14H2. The highest BCUT2D eigenvalue weighted by molar-refractivity contribution is 6.30. The molecule has 0 N–H and O–H groups in total. The maximum absolute atomic E-state index is 12.4. The third kappa shape index (κ3) is 4.89. The van der Waals surface area contributed by atoms with Crippen molar-refractivity contribution in [1.29, 1.82) is 0 Å². The third-order valence-electron chi connectivity index (χ3n) is 4.45. The van der Waals surface area contributed by atoms with E-state index in [2.05, 4.69) is 0 Å². The van der Waals surface area contributed by atoms with Crippen molar-refractivity contribution in [3.05, 3.63) is 63.7 Å². The Kier molecular flexibility index (Phi) is 6.13.